The first-order chi connectivity index (χ1) is 7.33. The zero-order valence-electron chi connectivity index (χ0n) is 7.96. The van der Waals surface area contributed by atoms with Crippen molar-refractivity contribution in [2.24, 2.45) is 5.73 Å². The van der Waals surface area contributed by atoms with Gasteiger partial charge in [-0.1, -0.05) is 0 Å². The Morgan fingerprint density at radius 2 is 2.00 bits per heavy atom. The van der Waals surface area contributed by atoms with Gasteiger partial charge in [0.25, 0.3) is 0 Å². The van der Waals surface area contributed by atoms with Crippen LogP contribution in [0.15, 0.2) is 18.2 Å². The molecule has 0 aromatic heterocycles. The molecule has 0 aliphatic heterocycles. The van der Waals surface area contributed by atoms with E-state index in [1.807, 2.05) is 0 Å². The Bertz CT molecular complexity index is 367. The molecule has 0 saturated carbocycles. The van der Waals surface area contributed by atoms with Crippen LogP contribution in [0.5, 0.6) is 5.75 Å². The molecule has 1 aromatic carbocycles. The lowest BCUT2D eigenvalue weighted by Gasteiger charge is -2.13. The summed E-state index contributed by atoms with van der Waals surface area (Å²) in [5.74, 6) is -1.37. The highest BCUT2D eigenvalue weighted by Gasteiger charge is 2.31. The van der Waals surface area contributed by atoms with Gasteiger partial charge in [-0.25, -0.2) is 4.39 Å². The first-order valence-electron chi connectivity index (χ1n) is 4.25. The Hall–Kier alpha value is -1.34. The standard InChI is InChI=1S/C9H9F4NO2/c10-7-2-1-5(16-9(11,12)13)3-6(7)8(14)4-15/h1-3,8,15H,4,14H2/t8-/m1/s1. The Morgan fingerprint density at radius 1 is 1.38 bits per heavy atom. The Kier molecular flexibility index (Phi) is 3.71. The van der Waals surface area contributed by atoms with Crippen LogP contribution in [0, 0.1) is 5.82 Å². The summed E-state index contributed by atoms with van der Waals surface area (Å²) in [7, 11) is 0. The molecule has 0 aliphatic rings. The zero-order chi connectivity index (χ0) is 12.3. The van der Waals surface area contributed by atoms with E-state index in [4.69, 9.17) is 10.8 Å². The molecule has 0 spiro atoms. The van der Waals surface area contributed by atoms with E-state index in [1.54, 1.807) is 0 Å². The molecule has 0 radical (unpaired) electrons. The van der Waals surface area contributed by atoms with Gasteiger partial charge in [0.15, 0.2) is 0 Å². The summed E-state index contributed by atoms with van der Waals surface area (Å²) in [6.07, 6.45) is -4.85. The molecule has 0 fully saturated rings. The minimum absolute atomic E-state index is 0.232. The highest BCUT2D eigenvalue weighted by Crippen LogP contribution is 2.26. The molecule has 1 aromatic rings. The normalized spacial score (nSPS) is 13.6. The van der Waals surface area contributed by atoms with Crippen molar-refractivity contribution in [2.75, 3.05) is 6.61 Å². The topological polar surface area (TPSA) is 55.5 Å². The summed E-state index contributed by atoms with van der Waals surface area (Å²) in [6.45, 7) is -0.577. The first-order valence-corrected chi connectivity index (χ1v) is 4.25. The van der Waals surface area contributed by atoms with Crippen molar-refractivity contribution in [3.8, 4) is 5.75 Å². The fourth-order valence-electron chi connectivity index (χ4n) is 1.10. The molecule has 1 rings (SSSR count). The number of aliphatic hydroxyl groups excluding tert-OH is 1. The van der Waals surface area contributed by atoms with Crippen molar-refractivity contribution in [1.29, 1.82) is 0 Å². The van der Waals surface area contributed by atoms with Crippen LogP contribution in [0.3, 0.4) is 0 Å². The summed E-state index contributed by atoms with van der Waals surface area (Å²) in [5.41, 5.74) is 5.07. The monoisotopic (exact) mass is 239 g/mol. The molecule has 3 N–H and O–H groups in total. The van der Waals surface area contributed by atoms with Gasteiger partial charge in [0.2, 0.25) is 0 Å². The van der Waals surface area contributed by atoms with E-state index in [1.165, 1.54) is 0 Å². The average Bonchev–Trinajstić information content (AvgIpc) is 2.18. The second kappa shape index (κ2) is 4.67. The minimum Gasteiger partial charge on any atom is -0.406 e. The number of aliphatic hydroxyl groups is 1. The van der Waals surface area contributed by atoms with Crippen molar-refractivity contribution in [3.63, 3.8) is 0 Å². The van der Waals surface area contributed by atoms with Gasteiger partial charge in [0, 0.05) is 5.56 Å². The smallest absolute Gasteiger partial charge is 0.406 e. The van der Waals surface area contributed by atoms with Gasteiger partial charge < -0.3 is 15.6 Å². The summed E-state index contributed by atoms with van der Waals surface area (Å²) >= 11 is 0. The van der Waals surface area contributed by atoms with Gasteiger partial charge in [-0.15, -0.1) is 13.2 Å². The number of halogens is 4. The predicted molar refractivity (Wildman–Crippen MR) is 47.1 cm³/mol. The Balaban J connectivity index is 2.98. The Morgan fingerprint density at radius 3 is 2.50 bits per heavy atom. The predicted octanol–water partition coefficient (Wildman–Crippen LogP) is 1.72. The maximum absolute atomic E-state index is 13.1. The van der Waals surface area contributed by atoms with Crippen LogP contribution in [0.1, 0.15) is 11.6 Å². The van der Waals surface area contributed by atoms with E-state index in [0.29, 0.717) is 0 Å². The van der Waals surface area contributed by atoms with Crippen molar-refractivity contribution in [3.05, 3.63) is 29.6 Å². The maximum atomic E-state index is 13.1. The summed E-state index contributed by atoms with van der Waals surface area (Å²) < 4.78 is 52.3. The van der Waals surface area contributed by atoms with Crippen molar-refractivity contribution in [2.45, 2.75) is 12.4 Å². The van der Waals surface area contributed by atoms with E-state index in [0.717, 1.165) is 18.2 Å². The fourth-order valence-corrected chi connectivity index (χ4v) is 1.10. The average molecular weight is 239 g/mol. The maximum Gasteiger partial charge on any atom is 0.573 e. The van der Waals surface area contributed by atoms with Crippen molar-refractivity contribution < 1.29 is 27.4 Å². The van der Waals surface area contributed by atoms with Crippen LogP contribution in [0.4, 0.5) is 17.6 Å². The number of ether oxygens (including phenoxy) is 1. The first kappa shape index (κ1) is 12.7. The highest BCUT2D eigenvalue weighted by molar-refractivity contribution is 5.32. The van der Waals surface area contributed by atoms with E-state index in [-0.39, 0.29) is 5.56 Å². The molecule has 7 heteroatoms. The molecule has 90 valence electrons. The van der Waals surface area contributed by atoms with E-state index in [9.17, 15) is 17.6 Å². The fraction of sp³-hybridized carbons (Fsp3) is 0.333. The number of nitrogens with two attached hydrogens (primary N) is 1. The molecule has 0 saturated heterocycles. The summed E-state index contributed by atoms with van der Waals surface area (Å²) in [6, 6.07) is 1.35. The van der Waals surface area contributed by atoms with E-state index < -0.39 is 30.6 Å². The van der Waals surface area contributed by atoms with Gasteiger partial charge in [-0.05, 0) is 18.2 Å². The lowest BCUT2D eigenvalue weighted by molar-refractivity contribution is -0.274. The third-order valence-corrected chi connectivity index (χ3v) is 1.80. The molecular weight excluding hydrogens is 230 g/mol. The van der Waals surface area contributed by atoms with Crippen molar-refractivity contribution >= 4 is 0 Å². The lowest BCUT2D eigenvalue weighted by Crippen LogP contribution is -2.19. The Labute approximate surface area is 88.4 Å². The zero-order valence-corrected chi connectivity index (χ0v) is 7.96. The molecule has 0 heterocycles. The van der Waals surface area contributed by atoms with Crippen molar-refractivity contribution in [1.82, 2.24) is 0 Å². The van der Waals surface area contributed by atoms with Crippen LogP contribution >= 0.6 is 0 Å². The summed E-state index contributed by atoms with van der Waals surface area (Å²) in [4.78, 5) is 0. The van der Waals surface area contributed by atoms with Crippen LogP contribution in [0.25, 0.3) is 0 Å². The highest BCUT2D eigenvalue weighted by atomic mass is 19.4. The van der Waals surface area contributed by atoms with Crippen LogP contribution in [-0.4, -0.2) is 18.1 Å². The number of hydrogen-bond donors (Lipinski definition) is 2. The molecular formula is C9H9F4NO2. The SMILES string of the molecule is N[C@H](CO)c1cc(OC(F)(F)F)ccc1F. The third-order valence-electron chi connectivity index (χ3n) is 1.80. The van der Waals surface area contributed by atoms with E-state index >= 15 is 0 Å². The van der Waals surface area contributed by atoms with Gasteiger partial charge in [-0.3, -0.25) is 0 Å². The molecule has 16 heavy (non-hydrogen) atoms. The minimum atomic E-state index is -4.85. The van der Waals surface area contributed by atoms with Crippen LogP contribution < -0.4 is 10.5 Å². The largest absolute Gasteiger partial charge is 0.573 e. The van der Waals surface area contributed by atoms with Crippen LogP contribution in [0.2, 0.25) is 0 Å². The third kappa shape index (κ3) is 3.35. The van der Waals surface area contributed by atoms with Gasteiger partial charge in [0.1, 0.15) is 11.6 Å². The molecule has 0 unspecified atom stereocenters. The molecule has 0 bridgehead atoms. The summed E-state index contributed by atoms with van der Waals surface area (Å²) in [5, 5.41) is 8.68. The quantitative estimate of drug-likeness (QED) is 0.789. The lowest BCUT2D eigenvalue weighted by atomic mass is 10.1. The van der Waals surface area contributed by atoms with Gasteiger partial charge in [-0.2, -0.15) is 0 Å². The number of alkyl halides is 3. The molecule has 0 aliphatic carbocycles. The molecule has 3 nitrogen and oxygen atoms in total. The molecule has 0 amide bonds. The number of benzene rings is 1. The number of rotatable bonds is 3. The number of hydrogen-bond acceptors (Lipinski definition) is 3. The van der Waals surface area contributed by atoms with E-state index in [2.05, 4.69) is 4.74 Å². The second-order valence-electron chi connectivity index (χ2n) is 3.02. The molecule has 1 atom stereocenters. The van der Waals surface area contributed by atoms with Crippen LogP contribution in [-0.2, 0) is 0 Å². The van der Waals surface area contributed by atoms with Gasteiger partial charge in [0.05, 0.1) is 12.6 Å². The second-order valence-corrected chi connectivity index (χ2v) is 3.02. The van der Waals surface area contributed by atoms with Gasteiger partial charge >= 0.3 is 6.36 Å².